The van der Waals surface area contributed by atoms with Gasteiger partial charge in [0.15, 0.2) is 6.16 Å². The van der Waals surface area contributed by atoms with Crippen molar-refractivity contribution < 1.29 is 14.3 Å². The minimum atomic E-state index is -1.75. The van der Waals surface area contributed by atoms with Gasteiger partial charge in [-0.1, -0.05) is 30.3 Å². The van der Waals surface area contributed by atoms with Gasteiger partial charge in [0.25, 0.3) is 5.91 Å². The summed E-state index contributed by atoms with van der Waals surface area (Å²) in [6.07, 6.45) is 6.02. The molecule has 1 aliphatic heterocycles. The highest BCUT2D eigenvalue weighted by Crippen LogP contribution is 2.62. The predicted octanol–water partition coefficient (Wildman–Crippen LogP) is 5.06. The number of aryl methyl sites for hydroxylation is 2. The maximum absolute atomic E-state index is 13.0. The molecule has 1 amide bonds. The third-order valence-corrected chi connectivity index (χ3v) is 10.3. The van der Waals surface area contributed by atoms with E-state index in [1.54, 1.807) is 12.1 Å². The van der Waals surface area contributed by atoms with Crippen molar-refractivity contribution in [3.05, 3.63) is 64.7 Å². The summed E-state index contributed by atoms with van der Waals surface area (Å²) in [5.41, 5.74) is 4.08. The van der Waals surface area contributed by atoms with E-state index in [1.807, 2.05) is 44.2 Å². The lowest BCUT2D eigenvalue weighted by Crippen LogP contribution is -2.28. The number of benzene rings is 2. The molecule has 5 nitrogen and oxygen atoms in total. The van der Waals surface area contributed by atoms with Crippen LogP contribution in [-0.4, -0.2) is 36.5 Å². The molecule has 0 radical (unpaired) electrons. The largest absolute Gasteiger partial charge is 0.458 e. The fourth-order valence-corrected chi connectivity index (χ4v) is 8.41. The van der Waals surface area contributed by atoms with Crippen molar-refractivity contribution >= 4 is 24.8 Å². The Morgan fingerprint density at radius 3 is 2.29 bits per heavy atom. The molecule has 3 rings (SSSR count). The second-order valence-corrected chi connectivity index (χ2v) is 12.7. The summed E-state index contributed by atoms with van der Waals surface area (Å²) in [5, 5.41) is 12.2. The standard InChI is InChI=1S/C25H29N2O3P/c1-19-13-22(15-26)14-20(2)25(19)27-23(28)17-31(11-7-4-8-12-31)18-24(29)30-16-21-9-5-3-6-10-21/h3,5-6,9-10,13-14H,4,7-8,11-12,16-18H2,1-2H3/p+1. The first-order valence-electron chi connectivity index (χ1n) is 10.8. The minimum Gasteiger partial charge on any atom is -0.458 e. The van der Waals surface area contributed by atoms with Gasteiger partial charge in [-0.3, -0.25) is 4.79 Å². The van der Waals surface area contributed by atoms with E-state index in [4.69, 9.17) is 10.00 Å². The molecule has 1 aliphatic rings. The molecule has 1 saturated heterocycles. The molecule has 2 aromatic carbocycles. The SMILES string of the molecule is Cc1cc(C#N)cc(C)c1NC(=O)C[P+]1(CC(=O)OCc2ccccc2)CCCCC1. The summed E-state index contributed by atoms with van der Waals surface area (Å²) < 4.78 is 5.55. The summed E-state index contributed by atoms with van der Waals surface area (Å²) in [7, 11) is -1.75. The van der Waals surface area contributed by atoms with Gasteiger partial charge in [0.05, 0.1) is 24.0 Å². The van der Waals surface area contributed by atoms with E-state index in [2.05, 4.69) is 11.4 Å². The van der Waals surface area contributed by atoms with Gasteiger partial charge < -0.3 is 10.1 Å². The molecule has 0 aromatic heterocycles. The average molecular weight is 438 g/mol. The Balaban J connectivity index is 1.65. The molecule has 2 aromatic rings. The zero-order valence-corrected chi connectivity index (χ0v) is 19.2. The lowest BCUT2D eigenvalue weighted by atomic mass is 10.0. The molecule has 1 N–H and O–H groups in total. The highest BCUT2D eigenvalue weighted by Gasteiger charge is 2.43. The highest BCUT2D eigenvalue weighted by atomic mass is 31.2. The number of nitriles is 1. The Hall–Kier alpha value is -2.70. The number of nitrogens with one attached hydrogen (secondary N) is 1. The van der Waals surface area contributed by atoms with Crippen LogP contribution in [0.5, 0.6) is 0 Å². The van der Waals surface area contributed by atoms with Crippen LogP contribution in [0.3, 0.4) is 0 Å². The molecule has 0 saturated carbocycles. The third kappa shape index (κ3) is 6.39. The van der Waals surface area contributed by atoms with E-state index in [0.717, 1.165) is 54.0 Å². The molecule has 6 heteroatoms. The molecule has 0 aliphatic carbocycles. The number of anilines is 1. The van der Waals surface area contributed by atoms with Gasteiger partial charge in [-0.05, 0) is 61.9 Å². The number of carbonyl (C=O) groups excluding carboxylic acids is 2. The second-order valence-electron chi connectivity index (χ2n) is 8.46. The van der Waals surface area contributed by atoms with Crippen molar-refractivity contribution in [3.8, 4) is 6.07 Å². The van der Waals surface area contributed by atoms with E-state index in [9.17, 15) is 9.59 Å². The molecule has 0 atom stereocenters. The smallest absolute Gasteiger partial charge is 0.344 e. The Morgan fingerprint density at radius 1 is 1.03 bits per heavy atom. The van der Waals surface area contributed by atoms with E-state index >= 15 is 0 Å². The van der Waals surface area contributed by atoms with E-state index < -0.39 is 7.26 Å². The van der Waals surface area contributed by atoms with Crippen molar-refractivity contribution in [1.29, 1.82) is 5.26 Å². The van der Waals surface area contributed by atoms with Gasteiger partial charge in [-0.25, -0.2) is 4.79 Å². The average Bonchev–Trinajstić information content (AvgIpc) is 2.76. The van der Waals surface area contributed by atoms with Crippen LogP contribution < -0.4 is 5.32 Å². The quantitative estimate of drug-likeness (QED) is 0.485. The number of rotatable bonds is 7. The van der Waals surface area contributed by atoms with Crippen LogP contribution in [0.1, 0.15) is 41.5 Å². The van der Waals surface area contributed by atoms with Gasteiger partial charge in [0.1, 0.15) is 12.8 Å². The zero-order chi connectivity index (χ0) is 22.3. The summed E-state index contributed by atoms with van der Waals surface area (Å²) in [5.74, 6) is -0.236. The summed E-state index contributed by atoms with van der Waals surface area (Å²) in [4.78, 5) is 25.7. The first-order valence-corrected chi connectivity index (χ1v) is 13.3. The molecular formula is C25H30N2O3P+. The van der Waals surface area contributed by atoms with Crippen molar-refractivity contribution in [3.63, 3.8) is 0 Å². The maximum Gasteiger partial charge on any atom is 0.344 e. The Morgan fingerprint density at radius 2 is 1.68 bits per heavy atom. The number of nitrogens with zero attached hydrogens (tertiary/aromatic N) is 1. The molecular weight excluding hydrogens is 407 g/mol. The molecule has 1 heterocycles. The topological polar surface area (TPSA) is 79.2 Å². The number of amides is 1. The van der Waals surface area contributed by atoms with Gasteiger partial charge >= 0.3 is 5.97 Å². The molecule has 0 unspecified atom stereocenters. The van der Waals surface area contributed by atoms with Crippen molar-refractivity contribution in [1.82, 2.24) is 0 Å². The lowest BCUT2D eigenvalue weighted by Gasteiger charge is -2.29. The maximum atomic E-state index is 13.0. The summed E-state index contributed by atoms with van der Waals surface area (Å²) in [6, 6.07) is 15.4. The van der Waals surface area contributed by atoms with Crippen LogP contribution in [0.2, 0.25) is 0 Å². The lowest BCUT2D eigenvalue weighted by molar-refractivity contribution is -0.141. The van der Waals surface area contributed by atoms with Crippen LogP contribution in [0.25, 0.3) is 0 Å². The second kappa shape index (κ2) is 10.6. The first kappa shape index (κ1) is 23.0. The summed E-state index contributed by atoms with van der Waals surface area (Å²) >= 11 is 0. The fraction of sp³-hybridized carbons (Fsp3) is 0.400. The van der Waals surface area contributed by atoms with E-state index in [1.165, 1.54) is 0 Å². The molecule has 1 fully saturated rings. The minimum absolute atomic E-state index is 0.0398. The molecule has 0 bridgehead atoms. The Kier molecular flexibility index (Phi) is 7.82. The number of ether oxygens (including phenoxy) is 1. The normalized spacial score (nSPS) is 15.0. The van der Waals surface area contributed by atoms with Gasteiger partial charge in [-0.15, -0.1) is 0 Å². The van der Waals surface area contributed by atoms with Crippen molar-refractivity contribution in [2.45, 2.75) is 39.7 Å². The predicted molar refractivity (Wildman–Crippen MR) is 126 cm³/mol. The highest BCUT2D eigenvalue weighted by molar-refractivity contribution is 7.77. The van der Waals surface area contributed by atoms with Crippen LogP contribution in [0, 0.1) is 25.2 Å². The third-order valence-electron chi connectivity index (χ3n) is 5.88. The fourth-order valence-electron chi connectivity index (χ4n) is 4.32. The van der Waals surface area contributed by atoms with E-state index in [-0.39, 0.29) is 18.5 Å². The van der Waals surface area contributed by atoms with Crippen LogP contribution in [0.4, 0.5) is 5.69 Å². The van der Waals surface area contributed by atoms with Gasteiger partial charge in [0.2, 0.25) is 0 Å². The van der Waals surface area contributed by atoms with Crippen LogP contribution >= 0.6 is 7.26 Å². The Bertz CT molecular complexity index is 953. The molecule has 162 valence electrons. The number of hydrogen-bond acceptors (Lipinski definition) is 4. The number of carbonyl (C=O) groups is 2. The van der Waals surface area contributed by atoms with Crippen LogP contribution in [0.15, 0.2) is 42.5 Å². The summed E-state index contributed by atoms with van der Waals surface area (Å²) in [6.45, 7) is 4.07. The van der Waals surface area contributed by atoms with Crippen molar-refractivity contribution in [2.75, 3.05) is 30.0 Å². The zero-order valence-electron chi connectivity index (χ0n) is 18.3. The van der Waals surface area contributed by atoms with Gasteiger partial charge in [-0.2, -0.15) is 5.26 Å². The van der Waals surface area contributed by atoms with Crippen molar-refractivity contribution in [2.24, 2.45) is 0 Å². The monoisotopic (exact) mass is 437 g/mol. The number of esters is 1. The molecule has 0 spiro atoms. The van der Waals surface area contributed by atoms with E-state index in [0.29, 0.717) is 17.9 Å². The van der Waals surface area contributed by atoms with Gasteiger partial charge in [0, 0.05) is 12.9 Å². The Labute approximate surface area is 185 Å². The van der Waals surface area contributed by atoms with Crippen LogP contribution in [-0.2, 0) is 20.9 Å². The first-order chi connectivity index (χ1) is 14.9. The number of hydrogen-bond donors (Lipinski definition) is 1. The molecule has 31 heavy (non-hydrogen) atoms.